The van der Waals surface area contributed by atoms with Gasteiger partial charge in [0.05, 0.1) is 6.04 Å². The van der Waals surface area contributed by atoms with Gasteiger partial charge in [0.1, 0.15) is 0 Å². The van der Waals surface area contributed by atoms with E-state index >= 15 is 0 Å². The number of hydrogen-bond acceptors (Lipinski definition) is 1. The van der Waals surface area contributed by atoms with Gasteiger partial charge in [0.15, 0.2) is 11.6 Å². The first-order valence-corrected chi connectivity index (χ1v) is 3.90. The van der Waals surface area contributed by atoms with E-state index in [0.717, 1.165) is 0 Å². The predicted octanol–water partition coefficient (Wildman–Crippen LogP) is 2.46. The fraction of sp³-hybridized carbons (Fsp3) is 0.200. The molecule has 0 spiro atoms. The zero-order chi connectivity index (χ0) is 10.0. The van der Waals surface area contributed by atoms with Crippen molar-refractivity contribution >= 4 is 0 Å². The summed E-state index contributed by atoms with van der Waals surface area (Å²) in [5.74, 6) is -1.72. The fourth-order valence-corrected chi connectivity index (χ4v) is 1.05. The minimum absolute atomic E-state index is 0.137. The number of aryl methyl sites for hydroxylation is 1. The first-order valence-electron chi connectivity index (χ1n) is 3.90. The highest BCUT2D eigenvalue weighted by atomic mass is 19.2. The summed E-state index contributed by atoms with van der Waals surface area (Å²) in [5.41, 5.74) is 5.90. The monoisotopic (exact) mass is 183 g/mol. The van der Waals surface area contributed by atoms with Crippen molar-refractivity contribution < 1.29 is 8.78 Å². The molecule has 0 bridgehead atoms. The van der Waals surface area contributed by atoms with Crippen LogP contribution in [0, 0.1) is 18.6 Å². The molecular weight excluding hydrogens is 172 g/mol. The van der Waals surface area contributed by atoms with Crippen molar-refractivity contribution in [3.05, 3.63) is 47.5 Å². The molecule has 0 amide bonds. The summed E-state index contributed by atoms with van der Waals surface area (Å²) in [7, 11) is 0. The molecule has 3 heteroatoms. The zero-order valence-corrected chi connectivity index (χ0v) is 7.35. The van der Waals surface area contributed by atoms with Gasteiger partial charge in [0.2, 0.25) is 0 Å². The maximum atomic E-state index is 13.2. The van der Waals surface area contributed by atoms with Crippen molar-refractivity contribution in [2.45, 2.75) is 13.0 Å². The van der Waals surface area contributed by atoms with Gasteiger partial charge in [-0.2, -0.15) is 0 Å². The molecule has 0 fully saturated rings. The van der Waals surface area contributed by atoms with Crippen LogP contribution in [0.15, 0.2) is 24.8 Å². The summed E-state index contributed by atoms with van der Waals surface area (Å²) in [5, 5.41) is 0. The summed E-state index contributed by atoms with van der Waals surface area (Å²) in [6, 6.07) is 2.31. The second-order valence-corrected chi connectivity index (χ2v) is 2.86. The highest BCUT2D eigenvalue weighted by Crippen LogP contribution is 2.20. The van der Waals surface area contributed by atoms with E-state index in [4.69, 9.17) is 5.73 Å². The molecule has 1 aromatic carbocycles. The molecular formula is C10H11F2N. The van der Waals surface area contributed by atoms with E-state index in [1.54, 1.807) is 0 Å². The lowest BCUT2D eigenvalue weighted by Gasteiger charge is -2.09. The average molecular weight is 183 g/mol. The fourth-order valence-electron chi connectivity index (χ4n) is 1.05. The molecule has 2 N–H and O–H groups in total. The van der Waals surface area contributed by atoms with Crippen molar-refractivity contribution in [2.75, 3.05) is 0 Å². The molecule has 0 aromatic heterocycles. The van der Waals surface area contributed by atoms with Gasteiger partial charge >= 0.3 is 0 Å². The molecule has 1 nitrogen and oxygen atoms in total. The van der Waals surface area contributed by atoms with Gasteiger partial charge in [-0.1, -0.05) is 18.2 Å². The highest BCUT2D eigenvalue weighted by molar-refractivity contribution is 5.29. The Kier molecular flexibility index (Phi) is 2.78. The lowest BCUT2D eigenvalue weighted by atomic mass is 10.0. The second-order valence-electron chi connectivity index (χ2n) is 2.86. The van der Waals surface area contributed by atoms with Crippen LogP contribution in [-0.4, -0.2) is 0 Å². The van der Waals surface area contributed by atoms with Crippen LogP contribution in [0.4, 0.5) is 8.78 Å². The number of rotatable bonds is 2. The number of halogens is 2. The first kappa shape index (κ1) is 9.86. The Morgan fingerprint density at radius 3 is 2.54 bits per heavy atom. The van der Waals surface area contributed by atoms with Crippen molar-refractivity contribution in [2.24, 2.45) is 5.73 Å². The summed E-state index contributed by atoms with van der Waals surface area (Å²) in [4.78, 5) is 0. The maximum absolute atomic E-state index is 13.2. The predicted molar refractivity (Wildman–Crippen MR) is 48.2 cm³/mol. The molecule has 0 saturated heterocycles. The smallest absolute Gasteiger partial charge is 0.164 e. The van der Waals surface area contributed by atoms with E-state index in [-0.39, 0.29) is 11.1 Å². The lowest BCUT2D eigenvalue weighted by Crippen LogP contribution is -2.10. The zero-order valence-electron chi connectivity index (χ0n) is 7.35. The Hall–Kier alpha value is -1.22. The van der Waals surface area contributed by atoms with Gasteiger partial charge in [0.25, 0.3) is 0 Å². The minimum atomic E-state index is -0.882. The van der Waals surface area contributed by atoms with E-state index in [0.29, 0.717) is 0 Å². The number of hydrogen-bond donors (Lipinski definition) is 1. The van der Waals surface area contributed by atoms with Crippen LogP contribution in [0.1, 0.15) is 17.2 Å². The Labute approximate surface area is 75.9 Å². The topological polar surface area (TPSA) is 26.0 Å². The van der Waals surface area contributed by atoms with Gasteiger partial charge in [0, 0.05) is 5.56 Å². The summed E-state index contributed by atoms with van der Waals surface area (Å²) < 4.78 is 26.2. The van der Waals surface area contributed by atoms with E-state index in [2.05, 4.69) is 6.58 Å². The van der Waals surface area contributed by atoms with Gasteiger partial charge in [-0.15, -0.1) is 6.58 Å². The van der Waals surface area contributed by atoms with Crippen LogP contribution in [-0.2, 0) is 0 Å². The van der Waals surface area contributed by atoms with Gasteiger partial charge in [-0.05, 0) is 12.5 Å². The van der Waals surface area contributed by atoms with Crippen LogP contribution < -0.4 is 5.73 Å². The minimum Gasteiger partial charge on any atom is -0.321 e. The molecule has 1 atom stereocenters. The Bertz CT molecular complexity index is 334. The number of benzene rings is 1. The molecule has 0 saturated carbocycles. The SMILES string of the molecule is C=C[C@H](N)c1ccc(C)c(F)c1F. The van der Waals surface area contributed by atoms with E-state index in [1.165, 1.54) is 25.1 Å². The molecule has 1 rings (SSSR count). The van der Waals surface area contributed by atoms with Gasteiger partial charge in [-0.3, -0.25) is 0 Å². The average Bonchev–Trinajstić information content (AvgIpc) is 2.13. The molecule has 70 valence electrons. The third kappa shape index (κ3) is 1.75. The Morgan fingerprint density at radius 2 is 2.00 bits per heavy atom. The van der Waals surface area contributed by atoms with Crippen molar-refractivity contribution in [3.8, 4) is 0 Å². The molecule has 0 radical (unpaired) electrons. The van der Waals surface area contributed by atoms with Gasteiger partial charge < -0.3 is 5.73 Å². The number of nitrogens with two attached hydrogens (primary N) is 1. The van der Waals surface area contributed by atoms with Crippen molar-refractivity contribution in [1.29, 1.82) is 0 Å². The standard InChI is InChI=1S/C10H11F2N/c1-3-8(13)7-5-4-6(2)9(11)10(7)12/h3-5,8H,1,13H2,2H3/t8-/m0/s1. The molecule has 0 aliphatic carbocycles. The third-order valence-corrected chi connectivity index (χ3v) is 1.92. The molecule has 13 heavy (non-hydrogen) atoms. The largest absolute Gasteiger partial charge is 0.321 e. The second kappa shape index (κ2) is 3.66. The summed E-state index contributed by atoms with van der Waals surface area (Å²) >= 11 is 0. The normalized spacial score (nSPS) is 12.6. The quantitative estimate of drug-likeness (QED) is 0.700. The van der Waals surface area contributed by atoms with Crippen LogP contribution in [0.2, 0.25) is 0 Å². The van der Waals surface area contributed by atoms with Gasteiger partial charge in [-0.25, -0.2) is 8.78 Å². The molecule has 0 aliphatic rings. The Balaban J connectivity index is 3.25. The van der Waals surface area contributed by atoms with Crippen molar-refractivity contribution in [1.82, 2.24) is 0 Å². The van der Waals surface area contributed by atoms with E-state index < -0.39 is 17.7 Å². The first-order chi connectivity index (χ1) is 6.07. The summed E-state index contributed by atoms with van der Waals surface area (Å²) in [6.07, 6.45) is 1.37. The molecule has 0 unspecified atom stereocenters. The molecule has 1 aromatic rings. The van der Waals surface area contributed by atoms with E-state index in [1.807, 2.05) is 0 Å². The molecule has 0 aliphatic heterocycles. The van der Waals surface area contributed by atoms with Crippen LogP contribution in [0.5, 0.6) is 0 Å². The van der Waals surface area contributed by atoms with Crippen LogP contribution in [0.3, 0.4) is 0 Å². The maximum Gasteiger partial charge on any atom is 0.164 e. The lowest BCUT2D eigenvalue weighted by molar-refractivity contribution is 0.490. The van der Waals surface area contributed by atoms with Crippen molar-refractivity contribution in [3.63, 3.8) is 0 Å². The third-order valence-electron chi connectivity index (χ3n) is 1.92. The Morgan fingerprint density at radius 1 is 1.38 bits per heavy atom. The summed E-state index contributed by atoms with van der Waals surface area (Å²) in [6.45, 7) is 4.92. The highest BCUT2D eigenvalue weighted by Gasteiger charge is 2.13. The molecule has 0 heterocycles. The van der Waals surface area contributed by atoms with Crippen LogP contribution in [0.25, 0.3) is 0 Å². The van der Waals surface area contributed by atoms with Crippen LogP contribution >= 0.6 is 0 Å². The van der Waals surface area contributed by atoms with E-state index in [9.17, 15) is 8.78 Å².